The first-order valence-electron chi connectivity index (χ1n) is 18.0. The van der Waals surface area contributed by atoms with Gasteiger partial charge in [-0.15, -0.1) is 0 Å². The van der Waals surface area contributed by atoms with Gasteiger partial charge in [-0.05, 0) is 61.4 Å². The summed E-state index contributed by atoms with van der Waals surface area (Å²) in [6.07, 6.45) is 2.56. The molecule has 1 aliphatic rings. The summed E-state index contributed by atoms with van der Waals surface area (Å²) in [5.41, 5.74) is 8.70. The summed E-state index contributed by atoms with van der Waals surface area (Å²) in [5, 5.41) is 8.11. The van der Waals surface area contributed by atoms with Crippen LogP contribution in [0.5, 0.6) is 0 Å². The monoisotopic (exact) mass is 890 g/mol. The zero-order chi connectivity index (χ0) is 38.7. The van der Waals surface area contributed by atoms with Gasteiger partial charge < -0.3 is 33.6 Å². The summed E-state index contributed by atoms with van der Waals surface area (Å²) < 4.78 is 13.4. The number of hydrogen-bond acceptors (Lipinski definition) is 6. The Morgan fingerprint density at radius 3 is 1.11 bits per heavy atom. The number of nitrogens with zero attached hydrogens (tertiary/aromatic N) is 9. The summed E-state index contributed by atoms with van der Waals surface area (Å²) in [4.78, 5) is 18.7. The average molecular weight is 892 g/mol. The molecule has 9 rings (SSSR count). The molecule has 8 aromatic rings. The molecule has 0 spiro atoms. The van der Waals surface area contributed by atoms with Crippen molar-refractivity contribution in [3.05, 3.63) is 126 Å². The molecule has 0 saturated carbocycles. The van der Waals surface area contributed by atoms with E-state index in [0.717, 1.165) is 80.6 Å². The number of para-hydroxylation sites is 8. The van der Waals surface area contributed by atoms with Crippen LogP contribution in [-0.2, 0) is 87.9 Å². The van der Waals surface area contributed by atoms with Crippen LogP contribution in [0.15, 0.2) is 97.1 Å². The molecule has 1 N–H and O–H groups in total. The van der Waals surface area contributed by atoms with Gasteiger partial charge in [0.15, 0.2) is 0 Å². The van der Waals surface area contributed by atoms with E-state index >= 15 is 0 Å². The molecule has 56 heavy (non-hydrogen) atoms. The van der Waals surface area contributed by atoms with Gasteiger partial charge in [0.2, 0.25) is 0 Å². The fourth-order valence-corrected chi connectivity index (χ4v) is 6.43. The Morgan fingerprint density at radius 1 is 0.536 bits per heavy atom. The van der Waals surface area contributed by atoms with E-state index in [1.807, 2.05) is 86.9 Å². The van der Waals surface area contributed by atoms with Crippen LogP contribution in [0.4, 0.5) is 0 Å². The van der Waals surface area contributed by atoms with Crippen molar-refractivity contribution in [3.8, 4) is 0 Å². The summed E-state index contributed by atoms with van der Waals surface area (Å²) in [7, 11) is 23.0. The third-order valence-corrected chi connectivity index (χ3v) is 9.42. The number of hydrogen-bond donors (Lipinski definition) is 1. The van der Waals surface area contributed by atoms with Gasteiger partial charge in [-0.2, -0.15) is 0 Å². The molecule has 1 fully saturated rings. The first kappa shape index (κ1) is 43.7. The van der Waals surface area contributed by atoms with E-state index in [1.165, 1.54) is 12.8 Å². The molecule has 294 valence electrons. The number of aromatic nitrogens is 8. The number of aryl methyl sites for hydroxylation is 4. The second-order valence-electron chi connectivity index (χ2n) is 12.9. The molecular formula is C40H45Cl3Cr2N10O. The average Bonchev–Trinajstić information content (AvgIpc) is 4.04. The summed E-state index contributed by atoms with van der Waals surface area (Å²) >= 11 is -1.62. The van der Waals surface area contributed by atoms with E-state index in [2.05, 4.69) is 87.2 Å². The molecule has 0 radical (unpaired) electrons. The fourth-order valence-electron chi connectivity index (χ4n) is 6.43. The first-order chi connectivity index (χ1) is 26.7. The van der Waals surface area contributed by atoms with Crippen LogP contribution >= 0.6 is 30.1 Å². The molecular weight excluding hydrogens is 847 g/mol. The molecule has 0 aliphatic carbocycles. The molecule has 4 aromatic carbocycles. The van der Waals surface area contributed by atoms with Crippen LogP contribution in [-0.4, -0.2) is 51.4 Å². The Hall–Kier alpha value is -3.43. The van der Waals surface area contributed by atoms with Crippen molar-refractivity contribution in [2.75, 3.05) is 13.2 Å². The van der Waals surface area contributed by atoms with Crippen molar-refractivity contribution in [2.45, 2.75) is 39.0 Å². The Bertz CT molecular complexity index is 2120. The normalized spacial score (nSPS) is 12.3. The van der Waals surface area contributed by atoms with Gasteiger partial charge in [0.05, 0.1) is 68.9 Å². The summed E-state index contributed by atoms with van der Waals surface area (Å²) in [6.45, 7) is 4.62. The van der Waals surface area contributed by atoms with Crippen LogP contribution in [0.2, 0.25) is 0 Å². The van der Waals surface area contributed by atoms with Crippen molar-refractivity contribution >= 4 is 74.3 Å². The minimum Gasteiger partial charge on any atom is 0 e. The number of benzene rings is 4. The maximum atomic E-state index is 4.94. The molecule has 0 unspecified atom stereocenters. The smallest absolute Gasteiger partial charge is 0 e. The van der Waals surface area contributed by atoms with E-state index < -0.39 is 11.4 Å². The fraction of sp³-hybridized carbons (Fsp3) is 0.300. The number of imidazole rings is 4. The Kier molecular flexibility index (Phi) is 16.7. The summed E-state index contributed by atoms with van der Waals surface area (Å²) in [5.74, 6) is 4.02. The van der Waals surface area contributed by atoms with E-state index in [4.69, 9.17) is 34.9 Å². The van der Waals surface area contributed by atoms with Crippen LogP contribution < -0.4 is 5.32 Å². The number of ether oxygens (including phenoxy) is 1. The SMILES string of the molecule is C1CCOC1.Cn1c(CNCc2nc3ccccc3n2C)nc2ccccc21.Cn1c(C[N-]Cc2nc3ccccc3n2C)nc2ccccc21.[Cl][Cr+]([Cl])[Cl].[Cr]. The van der Waals surface area contributed by atoms with Gasteiger partial charge >= 0.3 is 41.5 Å². The topological polar surface area (TPSA) is 107 Å². The standard InChI is InChI=1S/C18H19N5.C18H18N5.C4H8O.3ClH.2Cr/c2*1-22-15-9-5-3-7-13(15)20-17(22)11-19-12-18-21-14-8-4-6-10-16(14)23(18)2;1-2-4-5-3-1;;;;;/h3-10,19H,11-12H2,1-2H3;3-10H,11-12H2,1-2H3;1-4H2;3*1H;;/q;-1;;;;;;+4/p-3. The van der Waals surface area contributed by atoms with Gasteiger partial charge in [-0.25, -0.2) is 19.9 Å². The van der Waals surface area contributed by atoms with Crippen molar-refractivity contribution in [1.29, 1.82) is 0 Å². The maximum Gasteiger partial charge on any atom is 0 e. The number of halogens is 3. The van der Waals surface area contributed by atoms with Gasteiger partial charge in [0.25, 0.3) is 0 Å². The Morgan fingerprint density at radius 2 is 0.821 bits per heavy atom. The first-order valence-corrected chi connectivity index (χ1v) is 23.2. The predicted octanol–water partition coefficient (Wildman–Crippen LogP) is 9.14. The number of rotatable bonds is 8. The van der Waals surface area contributed by atoms with Crippen LogP contribution in [0, 0.1) is 0 Å². The quantitative estimate of drug-likeness (QED) is 0.163. The minimum atomic E-state index is -1.62. The molecule has 0 amide bonds. The van der Waals surface area contributed by atoms with Crippen LogP contribution in [0.1, 0.15) is 36.1 Å². The van der Waals surface area contributed by atoms with Gasteiger partial charge in [-0.1, -0.05) is 61.6 Å². The third-order valence-electron chi connectivity index (χ3n) is 9.42. The molecule has 11 nitrogen and oxygen atoms in total. The Labute approximate surface area is 355 Å². The molecule has 4 aromatic heterocycles. The van der Waals surface area contributed by atoms with E-state index in [-0.39, 0.29) is 17.4 Å². The van der Waals surface area contributed by atoms with Gasteiger partial charge in [0, 0.05) is 58.8 Å². The van der Waals surface area contributed by atoms with Crippen molar-refractivity contribution in [1.82, 2.24) is 43.5 Å². The predicted molar refractivity (Wildman–Crippen MR) is 222 cm³/mol. The van der Waals surface area contributed by atoms with Crippen molar-refractivity contribution < 1.29 is 33.5 Å². The number of fused-ring (bicyclic) bond motifs is 4. The minimum absolute atomic E-state index is 0. The van der Waals surface area contributed by atoms with Crippen LogP contribution in [0.3, 0.4) is 0 Å². The molecule has 1 saturated heterocycles. The maximum absolute atomic E-state index is 4.94. The van der Waals surface area contributed by atoms with E-state index in [0.29, 0.717) is 26.2 Å². The molecule has 1 aliphatic heterocycles. The van der Waals surface area contributed by atoms with Crippen LogP contribution in [0.25, 0.3) is 49.5 Å². The summed E-state index contributed by atoms with van der Waals surface area (Å²) in [6, 6.07) is 32.7. The second kappa shape index (κ2) is 21.4. The Balaban J connectivity index is 0.000000173. The molecule has 16 heteroatoms. The van der Waals surface area contributed by atoms with Gasteiger partial charge in [-0.3, -0.25) is 0 Å². The second-order valence-corrected chi connectivity index (χ2v) is 19.3. The third kappa shape index (κ3) is 11.2. The largest absolute Gasteiger partial charge is 0 e. The molecule has 5 heterocycles. The van der Waals surface area contributed by atoms with Gasteiger partial charge in [0.1, 0.15) is 11.6 Å². The zero-order valence-electron chi connectivity index (χ0n) is 31.8. The van der Waals surface area contributed by atoms with Crippen molar-refractivity contribution in [3.63, 3.8) is 0 Å². The van der Waals surface area contributed by atoms with E-state index in [1.54, 1.807) is 0 Å². The van der Waals surface area contributed by atoms with Crippen molar-refractivity contribution in [2.24, 2.45) is 28.2 Å². The van der Waals surface area contributed by atoms with E-state index in [9.17, 15) is 0 Å². The number of nitrogens with one attached hydrogen (secondary N) is 1. The molecule has 0 atom stereocenters. The molecule has 0 bridgehead atoms. The zero-order valence-corrected chi connectivity index (χ0v) is 36.6.